The van der Waals surface area contributed by atoms with Crippen molar-refractivity contribution in [3.8, 4) is 0 Å². The fraction of sp³-hybridized carbons (Fsp3) is 0.143. The molecule has 0 amide bonds. The first-order valence-electron chi connectivity index (χ1n) is 6.04. The Morgan fingerprint density at radius 2 is 1.95 bits per heavy atom. The van der Waals surface area contributed by atoms with E-state index in [1.165, 1.54) is 12.1 Å². The predicted octanol–water partition coefficient (Wildman–Crippen LogP) is 4.01. The molecule has 0 bridgehead atoms. The Bertz CT molecular complexity index is 632. The van der Waals surface area contributed by atoms with Gasteiger partial charge in [0.05, 0.1) is 4.92 Å². The van der Waals surface area contributed by atoms with E-state index in [0.717, 1.165) is 10.0 Å². The topological polar surface area (TPSA) is 67.2 Å². The summed E-state index contributed by atoms with van der Waals surface area (Å²) in [5, 5.41) is 17.0. The van der Waals surface area contributed by atoms with Gasteiger partial charge >= 0.3 is 0 Å². The summed E-state index contributed by atoms with van der Waals surface area (Å²) in [6, 6.07) is 12.8. The predicted molar refractivity (Wildman–Crippen MR) is 84.1 cm³/mol. The van der Waals surface area contributed by atoms with Crippen LogP contribution in [-0.2, 0) is 6.54 Å². The SMILES string of the molecule is CNc1cc(NCc2cccc(Br)c2)cc([N+](=O)[O-])c1. The Kier molecular flexibility index (Phi) is 4.57. The van der Waals surface area contributed by atoms with Crippen LogP contribution in [0.4, 0.5) is 17.1 Å². The number of nitrogens with one attached hydrogen (secondary N) is 2. The highest BCUT2D eigenvalue weighted by atomic mass is 79.9. The summed E-state index contributed by atoms with van der Waals surface area (Å²) >= 11 is 3.41. The molecule has 0 aliphatic rings. The number of hydrogen-bond acceptors (Lipinski definition) is 4. The average molecular weight is 336 g/mol. The molecular formula is C14H14BrN3O2. The molecule has 20 heavy (non-hydrogen) atoms. The largest absolute Gasteiger partial charge is 0.388 e. The Labute approximate surface area is 125 Å². The quantitative estimate of drug-likeness (QED) is 0.639. The van der Waals surface area contributed by atoms with Gasteiger partial charge in [-0.2, -0.15) is 0 Å². The van der Waals surface area contributed by atoms with Gasteiger partial charge in [0.15, 0.2) is 0 Å². The van der Waals surface area contributed by atoms with Crippen molar-refractivity contribution in [2.75, 3.05) is 17.7 Å². The lowest BCUT2D eigenvalue weighted by atomic mass is 10.2. The smallest absolute Gasteiger partial charge is 0.273 e. The van der Waals surface area contributed by atoms with Crippen LogP contribution in [0, 0.1) is 10.1 Å². The molecule has 0 fully saturated rings. The van der Waals surface area contributed by atoms with E-state index in [1.807, 2.05) is 30.3 Å². The van der Waals surface area contributed by atoms with E-state index in [-0.39, 0.29) is 5.69 Å². The second-order valence-corrected chi connectivity index (χ2v) is 5.17. The second-order valence-electron chi connectivity index (χ2n) is 4.26. The number of nitro groups is 1. The van der Waals surface area contributed by atoms with Gasteiger partial charge in [-0.25, -0.2) is 0 Å². The number of non-ortho nitro benzene ring substituents is 1. The van der Waals surface area contributed by atoms with Crippen molar-refractivity contribution in [3.05, 3.63) is 62.6 Å². The maximum Gasteiger partial charge on any atom is 0.273 e. The van der Waals surface area contributed by atoms with Gasteiger partial charge in [-0.05, 0) is 23.8 Å². The molecule has 0 aliphatic carbocycles. The highest BCUT2D eigenvalue weighted by molar-refractivity contribution is 9.10. The van der Waals surface area contributed by atoms with Gasteiger partial charge < -0.3 is 10.6 Å². The van der Waals surface area contributed by atoms with Crippen molar-refractivity contribution in [1.29, 1.82) is 0 Å². The van der Waals surface area contributed by atoms with E-state index < -0.39 is 4.92 Å². The van der Waals surface area contributed by atoms with Crippen molar-refractivity contribution in [3.63, 3.8) is 0 Å². The standard InChI is InChI=1S/C14H14BrN3O2/c1-16-12-6-13(8-14(7-12)18(19)20)17-9-10-3-2-4-11(15)5-10/h2-8,16-17H,9H2,1H3. The Morgan fingerprint density at radius 3 is 2.60 bits per heavy atom. The number of nitrogens with zero attached hydrogens (tertiary/aromatic N) is 1. The summed E-state index contributed by atoms with van der Waals surface area (Å²) < 4.78 is 1.01. The third-order valence-corrected chi connectivity index (χ3v) is 3.30. The first-order chi connectivity index (χ1) is 9.58. The zero-order chi connectivity index (χ0) is 14.5. The van der Waals surface area contributed by atoms with E-state index in [0.29, 0.717) is 17.9 Å². The van der Waals surface area contributed by atoms with Crippen molar-refractivity contribution in [1.82, 2.24) is 0 Å². The van der Waals surface area contributed by atoms with Gasteiger partial charge in [0.1, 0.15) is 0 Å². The van der Waals surface area contributed by atoms with Crippen LogP contribution in [-0.4, -0.2) is 12.0 Å². The van der Waals surface area contributed by atoms with Gasteiger partial charge in [-0.3, -0.25) is 10.1 Å². The molecule has 0 atom stereocenters. The molecule has 2 aromatic rings. The van der Waals surface area contributed by atoms with E-state index in [2.05, 4.69) is 26.6 Å². The molecule has 0 saturated carbocycles. The minimum Gasteiger partial charge on any atom is -0.388 e. The van der Waals surface area contributed by atoms with Crippen LogP contribution in [0.3, 0.4) is 0 Å². The van der Waals surface area contributed by atoms with Crippen molar-refractivity contribution in [2.45, 2.75) is 6.54 Å². The number of rotatable bonds is 5. The zero-order valence-electron chi connectivity index (χ0n) is 10.9. The summed E-state index contributed by atoms with van der Waals surface area (Å²) in [6.45, 7) is 0.601. The minimum absolute atomic E-state index is 0.0635. The zero-order valence-corrected chi connectivity index (χ0v) is 12.5. The Balaban J connectivity index is 2.16. The average Bonchev–Trinajstić information content (AvgIpc) is 2.45. The molecule has 0 saturated heterocycles. The van der Waals surface area contributed by atoms with Gasteiger partial charge in [-0.1, -0.05) is 28.1 Å². The second kappa shape index (κ2) is 6.38. The highest BCUT2D eigenvalue weighted by Crippen LogP contribution is 2.24. The fourth-order valence-electron chi connectivity index (χ4n) is 1.81. The third kappa shape index (κ3) is 3.71. The van der Waals surface area contributed by atoms with Gasteiger partial charge in [0, 0.05) is 41.6 Å². The molecule has 0 aliphatic heterocycles. The van der Waals surface area contributed by atoms with E-state index in [4.69, 9.17) is 0 Å². The van der Waals surface area contributed by atoms with E-state index in [1.54, 1.807) is 7.05 Å². The normalized spacial score (nSPS) is 10.1. The van der Waals surface area contributed by atoms with Crippen LogP contribution >= 0.6 is 15.9 Å². The molecule has 0 aromatic heterocycles. The van der Waals surface area contributed by atoms with Crippen LogP contribution in [0.15, 0.2) is 46.9 Å². The first-order valence-corrected chi connectivity index (χ1v) is 6.83. The van der Waals surface area contributed by atoms with E-state index in [9.17, 15) is 10.1 Å². The summed E-state index contributed by atoms with van der Waals surface area (Å²) in [4.78, 5) is 10.5. The molecule has 0 spiro atoms. The first kappa shape index (κ1) is 14.3. The van der Waals surface area contributed by atoms with Crippen LogP contribution in [0.2, 0.25) is 0 Å². The molecule has 6 heteroatoms. The molecular weight excluding hydrogens is 322 g/mol. The van der Waals surface area contributed by atoms with Crippen LogP contribution in [0.1, 0.15) is 5.56 Å². The molecule has 104 valence electrons. The summed E-state index contributed by atoms with van der Waals surface area (Å²) in [7, 11) is 1.73. The lowest BCUT2D eigenvalue weighted by Crippen LogP contribution is -2.01. The Morgan fingerprint density at radius 1 is 1.20 bits per heavy atom. The number of nitro benzene ring substituents is 1. The third-order valence-electron chi connectivity index (χ3n) is 2.80. The van der Waals surface area contributed by atoms with Crippen molar-refractivity contribution < 1.29 is 4.92 Å². The lowest BCUT2D eigenvalue weighted by Gasteiger charge is -2.09. The lowest BCUT2D eigenvalue weighted by molar-refractivity contribution is -0.384. The highest BCUT2D eigenvalue weighted by Gasteiger charge is 2.09. The fourth-order valence-corrected chi connectivity index (χ4v) is 2.26. The minimum atomic E-state index is -0.398. The molecule has 2 N–H and O–H groups in total. The number of halogens is 1. The van der Waals surface area contributed by atoms with Crippen molar-refractivity contribution >= 4 is 33.0 Å². The number of anilines is 2. The Hall–Kier alpha value is -2.08. The van der Waals surface area contributed by atoms with Crippen molar-refractivity contribution in [2.24, 2.45) is 0 Å². The van der Waals surface area contributed by atoms with Crippen LogP contribution < -0.4 is 10.6 Å². The molecule has 0 unspecified atom stereocenters. The molecule has 2 aromatic carbocycles. The molecule has 0 heterocycles. The maximum atomic E-state index is 10.9. The molecule has 0 radical (unpaired) electrons. The van der Waals surface area contributed by atoms with E-state index >= 15 is 0 Å². The van der Waals surface area contributed by atoms with Crippen LogP contribution in [0.25, 0.3) is 0 Å². The number of benzene rings is 2. The monoisotopic (exact) mass is 335 g/mol. The van der Waals surface area contributed by atoms with Gasteiger partial charge in [0.25, 0.3) is 5.69 Å². The van der Waals surface area contributed by atoms with Gasteiger partial charge in [-0.15, -0.1) is 0 Å². The molecule has 5 nitrogen and oxygen atoms in total. The number of hydrogen-bond donors (Lipinski definition) is 2. The maximum absolute atomic E-state index is 10.9. The molecule has 2 rings (SSSR count). The summed E-state index contributed by atoms with van der Waals surface area (Å²) in [5.74, 6) is 0. The summed E-state index contributed by atoms with van der Waals surface area (Å²) in [6.07, 6.45) is 0. The summed E-state index contributed by atoms with van der Waals surface area (Å²) in [5.41, 5.74) is 2.57. The van der Waals surface area contributed by atoms with Crippen LogP contribution in [0.5, 0.6) is 0 Å². The van der Waals surface area contributed by atoms with Gasteiger partial charge in [0.2, 0.25) is 0 Å².